The molecule has 2 fully saturated rings. The zero-order valence-electron chi connectivity index (χ0n) is 35.6. The number of likely N-dealkylation sites (N-methyl/N-ethyl adjacent to an activating group) is 2. The van der Waals surface area contributed by atoms with Crippen LogP contribution in [0.1, 0.15) is 105 Å². The molecule has 4 atom stereocenters. The Morgan fingerprint density at radius 2 is 1.10 bits per heavy atom. The fourth-order valence-corrected chi connectivity index (χ4v) is 7.18. The van der Waals surface area contributed by atoms with Gasteiger partial charge in [-0.2, -0.15) is 0 Å². The number of nitrogens with zero attached hydrogens (tertiary/aromatic N) is 6. The number of carbonyl (C=O) groups is 6. The number of carboxylic acid groups (broad SMARTS) is 1. The molecule has 6 rings (SSSR count). The molecule has 3 N–H and O–H groups in total. The molecule has 61 heavy (non-hydrogen) atoms. The van der Waals surface area contributed by atoms with Crippen LogP contribution in [-0.4, -0.2) is 130 Å². The number of rotatable bonds is 12. The molecule has 0 saturated carbocycles. The number of esters is 1. The van der Waals surface area contributed by atoms with E-state index in [0.717, 1.165) is 24.0 Å². The van der Waals surface area contributed by atoms with E-state index in [1.54, 1.807) is 94.5 Å². The number of hydrogen-bond donors (Lipinski definition) is 3. The summed E-state index contributed by atoms with van der Waals surface area (Å²) < 4.78 is 4.77. The number of ether oxygens (including phenoxy) is 1. The van der Waals surface area contributed by atoms with Gasteiger partial charge >= 0.3 is 11.9 Å². The minimum Gasteiger partial charge on any atom is -0.478 e. The number of nitrogens with one attached hydrogen (secondary N) is 2. The molecular weight excluding hydrogens is 781 g/mol. The van der Waals surface area contributed by atoms with E-state index in [1.807, 2.05) is 32.0 Å². The molecule has 0 aliphatic carbocycles. The van der Waals surface area contributed by atoms with Crippen molar-refractivity contribution in [2.45, 2.75) is 64.7 Å². The Hall–Kier alpha value is -6.84. The Kier molecular flexibility index (Phi) is 15.1. The van der Waals surface area contributed by atoms with Crippen LogP contribution < -0.4 is 10.6 Å². The summed E-state index contributed by atoms with van der Waals surface area (Å²) in [7, 11) is 4.88. The van der Waals surface area contributed by atoms with E-state index in [1.165, 1.54) is 27.2 Å². The van der Waals surface area contributed by atoms with E-state index in [0.29, 0.717) is 54.5 Å². The number of methoxy groups -OCH3 is 1. The van der Waals surface area contributed by atoms with Gasteiger partial charge in [0.05, 0.1) is 41.4 Å². The van der Waals surface area contributed by atoms with Gasteiger partial charge < -0.3 is 40.1 Å². The van der Waals surface area contributed by atoms with Gasteiger partial charge in [-0.05, 0) is 86.3 Å². The van der Waals surface area contributed by atoms with Crippen molar-refractivity contribution in [3.63, 3.8) is 0 Å². The number of benzene rings is 2. The van der Waals surface area contributed by atoms with Crippen molar-refractivity contribution >= 4 is 47.2 Å². The number of carbonyl (C=O) groups excluding carboxylic acids is 5. The van der Waals surface area contributed by atoms with Crippen LogP contribution in [0.15, 0.2) is 85.2 Å². The first-order valence-electron chi connectivity index (χ1n) is 20.1. The van der Waals surface area contributed by atoms with Gasteiger partial charge in [-0.3, -0.25) is 19.2 Å². The molecule has 2 aromatic carbocycles. The summed E-state index contributed by atoms with van der Waals surface area (Å²) in [6.07, 6.45) is 4.64. The van der Waals surface area contributed by atoms with Crippen LogP contribution in [0.2, 0.25) is 0 Å². The van der Waals surface area contributed by atoms with Crippen molar-refractivity contribution in [2.75, 3.05) is 58.0 Å². The molecule has 322 valence electrons. The molecule has 0 spiro atoms. The van der Waals surface area contributed by atoms with Gasteiger partial charge in [0.25, 0.3) is 11.8 Å². The lowest BCUT2D eigenvalue weighted by Crippen LogP contribution is -2.38. The molecular formula is C45H54N8O8. The van der Waals surface area contributed by atoms with Crippen LogP contribution in [0.3, 0.4) is 0 Å². The fourth-order valence-electron chi connectivity index (χ4n) is 7.18. The summed E-state index contributed by atoms with van der Waals surface area (Å²) in [5, 5.41) is 15.6. The average molecular weight is 835 g/mol. The lowest BCUT2D eigenvalue weighted by atomic mass is 10.1. The molecule has 0 radical (unpaired) electrons. The highest BCUT2D eigenvalue weighted by molar-refractivity contribution is 5.95. The monoisotopic (exact) mass is 834 g/mol. The van der Waals surface area contributed by atoms with Gasteiger partial charge in [0, 0.05) is 78.6 Å². The standard InChI is InChI=1S/C23H28N4O4.C22H26N4O4/c1-15(17-6-5-7-18(12-17)23(30)31-4)25-21-9-8-19(13-24-21)22(29)27-11-10-20(14-27)26(3)16(2)28;1-14(16-5-4-6-17(11-16)22(29)30)24-20-8-7-18(12-23-20)21(28)26-10-9-19(13-26)25(3)15(2)27/h5-9,12-13,15,20H,10-11,14H2,1-4H3,(H,24,25);4-8,11-12,14,19H,9-10,13H2,1-3H3,(H,23,24)(H,29,30)/t15?,20-;14?,19-/m00/s1. The third-order valence-corrected chi connectivity index (χ3v) is 11.2. The molecule has 0 bridgehead atoms. The first-order valence-corrected chi connectivity index (χ1v) is 20.1. The Bertz CT molecular complexity index is 2220. The Morgan fingerprint density at radius 3 is 1.48 bits per heavy atom. The van der Waals surface area contributed by atoms with E-state index in [2.05, 4.69) is 20.6 Å². The summed E-state index contributed by atoms with van der Waals surface area (Å²) in [6.45, 7) is 9.22. The number of amides is 4. The van der Waals surface area contributed by atoms with E-state index in [9.17, 15) is 28.8 Å². The summed E-state index contributed by atoms with van der Waals surface area (Å²) >= 11 is 0. The SMILES string of the molecule is CC(=O)N(C)[C@H]1CCN(C(=O)c2ccc(NC(C)c3cccc(C(=O)O)c3)nc2)C1.COC(=O)c1cccc(C(C)Nc2ccc(C(=O)N3CC[C@H](N(C)C(C)=O)C3)cn2)c1. The quantitative estimate of drug-likeness (QED) is 0.155. The van der Waals surface area contributed by atoms with Gasteiger partial charge in [-0.15, -0.1) is 0 Å². The van der Waals surface area contributed by atoms with Gasteiger partial charge in [-0.1, -0.05) is 24.3 Å². The van der Waals surface area contributed by atoms with Gasteiger partial charge in [0.1, 0.15) is 11.6 Å². The minimum atomic E-state index is -0.969. The van der Waals surface area contributed by atoms with Gasteiger partial charge in [-0.25, -0.2) is 19.6 Å². The summed E-state index contributed by atoms with van der Waals surface area (Å²) in [5.41, 5.74) is 3.47. The molecule has 2 unspecified atom stereocenters. The number of aromatic nitrogens is 2. The summed E-state index contributed by atoms with van der Waals surface area (Å²) in [6, 6.07) is 20.8. The highest BCUT2D eigenvalue weighted by atomic mass is 16.5. The highest BCUT2D eigenvalue weighted by Gasteiger charge is 2.32. The van der Waals surface area contributed by atoms with Crippen LogP contribution in [-0.2, 0) is 14.3 Å². The lowest BCUT2D eigenvalue weighted by molar-refractivity contribution is -0.130. The van der Waals surface area contributed by atoms with Gasteiger partial charge in [0.2, 0.25) is 11.8 Å². The normalized spacial score (nSPS) is 16.6. The van der Waals surface area contributed by atoms with Crippen molar-refractivity contribution in [2.24, 2.45) is 0 Å². The molecule has 4 amide bonds. The number of carboxylic acids is 1. The molecule has 2 aliphatic heterocycles. The average Bonchev–Trinajstić information content (AvgIpc) is 3.97. The molecule has 4 aromatic rings. The maximum Gasteiger partial charge on any atom is 0.337 e. The van der Waals surface area contributed by atoms with Crippen molar-refractivity contribution < 1.29 is 38.6 Å². The fraction of sp³-hybridized carbons (Fsp3) is 0.378. The second-order valence-electron chi connectivity index (χ2n) is 15.3. The minimum absolute atomic E-state index is 0.00244. The third kappa shape index (κ3) is 11.7. The predicted octanol–water partition coefficient (Wildman–Crippen LogP) is 5.38. The first kappa shape index (κ1) is 45.2. The van der Waals surface area contributed by atoms with E-state index < -0.39 is 5.97 Å². The smallest absolute Gasteiger partial charge is 0.337 e. The zero-order valence-corrected chi connectivity index (χ0v) is 35.6. The van der Waals surface area contributed by atoms with Crippen LogP contribution >= 0.6 is 0 Å². The topological polar surface area (TPSA) is 195 Å². The number of likely N-dealkylation sites (tertiary alicyclic amines) is 2. The van der Waals surface area contributed by atoms with Crippen molar-refractivity contribution in [3.8, 4) is 0 Å². The van der Waals surface area contributed by atoms with Crippen molar-refractivity contribution in [1.29, 1.82) is 0 Å². The van der Waals surface area contributed by atoms with Crippen LogP contribution in [0, 0.1) is 0 Å². The van der Waals surface area contributed by atoms with E-state index >= 15 is 0 Å². The third-order valence-electron chi connectivity index (χ3n) is 11.2. The largest absolute Gasteiger partial charge is 0.478 e. The Labute approximate surface area is 355 Å². The molecule has 2 saturated heterocycles. The lowest BCUT2D eigenvalue weighted by Gasteiger charge is -2.23. The van der Waals surface area contributed by atoms with E-state index in [4.69, 9.17) is 9.84 Å². The first-order chi connectivity index (χ1) is 29.1. The second-order valence-corrected chi connectivity index (χ2v) is 15.3. The molecule has 16 nitrogen and oxygen atoms in total. The molecule has 2 aromatic heterocycles. The number of aromatic carboxylic acids is 1. The molecule has 2 aliphatic rings. The maximum absolute atomic E-state index is 12.8. The van der Waals surface area contributed by atoms with Gasteiger partial charge in [0.15, 0.2) is 0 Å². The summed E-state index contributed by atoms with van der Waals surface area (Å²) in [5.74, 6) is -0.319. The number of pyridine rings is 2. The Morgan fingerprint density at radius 1 is 0.672 bits per heavy atom. The van der Waals surface area contributed by atoms with Crippen LogP contribution in [0.4, 0.5) is 11.6 Å². The van der Waals surface area contributed by atoms with E-state index in [-0.39, 0.29) is 59.3 Å². The van der Waals surface area contributed by atoms with Crippen molar-refractivity contribution in [3.05, 3.63) is 119 Å². The predicted molar refractivity (Wildman–Crippen MR) is 229 cm³/mol. The second kappa shape index (κ2) is 20.4. The Balaban J connectivity index is 0.000000231. The number of hydrogen-bond acceptors (Lipinski definition) is 11. The maximum atomic E-state index is 12.8. The van der Waals surface area contributed by atoms with Crippen LogP contribution in [0.25, 0.3) is 0 Å². The van der Waals surface area contributed by atoms with Crippen LogP contribution in [0.5, 0.6) is 0 Å². The summed E-state index contributed by atoms with van der Waals surface area (Å²) in [4.78, 5) is 87.1. The zero-order chi connectivity index (χ0) is 44.4. The number of anilines is 2. The highest BCUT2D eigenvalue weighted by Crippen LogP contribution is 2.23. The molecule has 16 heteroatoms. The van der Waals surface area contributed by atoms with Crippen molar-refractivity contribution in [1.82, 2.24) is 29.6 Å². The molecule has 4 heterocycles.